The molecule has 0 saturated heterocycles. The Morgan fingerprint density at radius 2 is 1.43 bits per heavy atom. The molecular formula is C35H53NSi. The van der Waals surface area contributed by atoms with Gasteiger partial charge in [-0.1, -0.05) is 114 Å². The summed E-state index contributed by atoms with van der Waals surface area (Å²) < 4.78 is 0. The highest BCUT2D eigenvalue weighted by molar-refractivity contribution is 6.77. The SMILES string of the molecule is CCCCCCC1(CCCCCC)c2ccccc2-c2cc3c(cc21)C=C(C)C3[Si](C)(C)NC(C)(C)C. The molecule has 0 radical (unpaired) electrons. The molecule has 0 heterocycles. The molecule has 2 aromatic rings. The summed E-state index contributed by atoms with van der Waals surface area (Å²) in [4.78, 5) is 4.09. The van der Waals surface area contributed by atoms with Gasteiger partial charge in [0.15, 0.2) is 0 Å². The Balaban J connectivity index is 1.81. The first-order valence-corrected chi connectivity index (χ1v) is 18.4. The minimum absolute atomic E-state index is 0.133. The van der Waals surface area contributed by atoms with Gasteiger partial charge in [-0.05, 0) is 86.1 Å². The number of hydrogen-bond acceptors (Lipinski definition) is 1. The van der Waals surface area contributed by atoms with Gasteiger partial charge in [0, 0.05) is 16.5 Å². The van der Waals surface area contributed by atoms with E-state index in [-0.39, 0.29) is 11.0 Å². The van der Waals surface area contributed by atoms with E-state index >= 15 is 0 Å². The van der Waals surface area contributed by atoms with Gasteiger partial charge in [0.2, 0.25) is 0 Å². The largest absolute Gasteiger partial charge is 0.332 e. The van der Waals surface area contributed by atoms with Crippen LogP contribution in [-0.4, -0.2) is 13.8 Å². The van der Waals surface area contributed by atoms with Crippen molar-refractivity contribution in [3.05, 3.63) is 64.2 Å². The van der Waals surface area contributed by atoms with Gasteiger partial charge >= 0.3 is 0 Å². The number of allylic oxidation sites excluding steroid dienone is 1. The summed E-state index contributed by atoms with van der Waals surface area (Å²) in [5.41, 5.74) is 11.8. The van der Waals surface area contributed by atoms with Gasteiger partial charge in [0.05, 0.1) is 0 Å². The highest BCUT2D eigenvalue weighted by Crippen LogP contribution is 2.56. The second-order valence-electron chi connectivity index (χ2n) is 13.7. The van der Waals surface area contributed by atoms with Crippen molar-refractivity contribution in [1.82, 2.24) is 4.98 Å². The van der Waals surface area contributed by atoms with Crippen LogP contribution in [0.4, 0.5) is 0 Å². The van der Waals surface area contributed by atoms with Crippen LogP contribution in [0.2, 0.25) is 13.1 Å². The first-order chi connectivity index (χ1) is 17.5. The van der Waals surface area contributed by atoms with Crippen molar-refractivity contribution in [2.45, 2.75) is 135 Å². The zero-order chi connectivity index (χ0) is 26.8. The van der Waals surface area contributed by atoms with Crippen LogP contribution in [0.15, 0.2) is 42.0 Å². The number of benzene rings is 2. The van der Waals surface area contributed by atoms with Crippen molar-refractivity contribution in [2.24, 2.45) is 0 Å². The number of unbranched alkanes of at least 4 members (excludes halogenated alkanes) is 6. The van der Waals surface area contributed by atoms with Crippen LogP contribution in [0.3, 0.4) is 0 Å². The van der Waals surface area contributed by atoms with E-state index in [0.717, 1.165) is 0 Å². The lowest BCUT2D eigenvalue weighted by atomic mass is 9.70. The van der Waals surface area contributed by atoms with E-state index < -0.39 is 8.24 Å². The first-order valence-electron chi connectivity index (χ1n) is 15.3. The van der Waals surface area contributed by atoms with Crippen molar-refractivity contribution in [3.63, 3.8) is 0 Å². The molecule has 0 aromatic heterocycles. The zero-order valence-corrected chi connectivity index (χ0v) is 26.2. The molecule has 202 valence electrons. The molecule has 1 nitrogen and oxygen atoms in total. The molecule has 37 heavy (non-hydrogen) atoms. The van der Waals surface area contributed by atoms with E-state index in [9.17, 15) is 0 Å². The van der Waals surface area contributed by atoms with E-state index in [4.69, 9.17) is 0 Å². The standard InChI is InChI=1S/C35H53NSi/c1-9-11-13-17-21-35(22-18-14-12-10-2)31-20-16-15-19-28(31)30-25-29-27(24-32(30)35)23-26(3)33(29)37(7,8)36-34(4,5)6/h15-16,19-20,23-25,33,36H,9-14,17-18,21-22H2,1-8H3. The fourth-order valence-corrected chi connectivity index (χ4v) is 12.2. The van der Waals surface area contributed by atoms with Gasteiger partial charge < -0.3 is 4.98 Å². The summed E-state index contributed by atoms with van der Waals surface area (Å²) >= 11 is 0. The molecule has 2 heteroatoms. The smallest absolute Gasteiger partial charge is 0.131 e. The second kappa shape index (κ2) is 11.2. The topological polar surface area (TPSA) is 12.0 Å². The van der Waals surface area contributed by atoms with Crippen LogP contribution < -0.4 is 4.98 Å². The summed E-state index contributed by atoms with van der Waals surface area (Å²) in [6.07, 6.45) is 15.8. The Bertz CT molecular complexity index is 1100. The molecule has 0 bridgehead atoms. The quantitative estimate of drug-likeness (QED) is 0.219. The maximum absolute atomic E-state index is 4.09. The molecule has 1 N–H and O–H groups in total. The van der Waals surface area contributed by atoms with Gasteiger partial charge in [0.1, 0.15) is 8.24 Å². The van der Waals surface area contributed by atoms with Crippen LogP contribution in [0.25, 0.3) is 17.2 Å². The molecule has 0 saturated carbocycles. The first kappa shape index (κ1) is 28.4. The third-order valence-corrected chi connectivity index (χ3v) is 12.6. The Morgan fingerprint density at radius 3 is 2.03 bits per heavy atom. The summed E-state index contributed by atoms with van der Waals surface area (Å²) in [5.74, 6) is 0. The van der Waals surface area contributed by atoms with Crippen molar-refractivity contribution in [1.29, 1.82) is 0 Å². The van der Waals surface area contributed by atoms with E-state index in [1.807, 2.05) is 0 Å². The molecule has 2 aliphatic rings. The van der Waals surface area contributed by atoms with Crippen molar-refractivity contribution in [2.75, 3.05) is 0 Å². The third-order valence-electron chi connectivity index (χ3n) is 8.95. The van der Waals surface area contributed by atoms with Crippen LogP contribution in [0.5, 0.6) is 0 Å². The van der Waals surface area contributed by atoms with Crippen LogP contribution in [0.1, 0.15) is 134 Å². The van der Waals surface area contributed by atoms with Gasteiger partial charge in [0.25, 0.3) is 0 Å². The number of rotatable bonds is 12. The normalized spacial score (nSPS) is 17.9. The van der Waals surface area contributed by atoms with Crippen molar-refractivity contribution >= 4 is 14.3 Å². The molecule has 2 aliphatic carbocycles. The lowest BCUT2D eigenvalue weighted by Crippen LogP contribution is -2.58. The third kappa shape index (κ3) is 5.71. The fraction of sp³-hybridized carbons (Fsp3) is 0.600. The maximum atomic E-state index is 4.09. The molecule has 0 amide bonds. The lowest BCUT2D eigenvalue weighted by molar-refractivity contribution is 0.401. The average molecular weight is 516 g/mol. The molecule has 1 atom stereocenters. The molecular weight excluding hydrogens is 462 g/mol. The Hall–Kier alpha value is -1.64. The number of hydrogen-bond donors (Lipinski definition) is 1. The second-order valence-corrected chi connectivity index (χ2v) is 18.0. The molecule has 1 unspecified atom stereocenters. The van der Waals surface area contributed by atoms with Gasteiger partial charge in [-0.2, -0.15) is 0 Å². The summed E-state index contributed by atoms with van der Waals surface area (Å²) in [5, 5.41) is 0. The van der Waals surface area contributed by atoms with Gasteiger partial charge in [-0.3, -0.25) is 0 Å². The van der Waals surface area contributed by atoms with E-state index in [1.165, 1.54) is 80.9 Å². The van der Waals surface area contributed by atoms with Crippen molar-refractivity contribution < 1.29 is 0 Å². The molecule has 4 rings (SSSR count). The van der Waals surface area contributed by atoms with Gasteiger partial charge in [-0.15, -0.1) is 0 Å². The Kier molecular flexibility index (Phi) is 8.61. The van der Waals surface area contributed by atoms with Crippen LogP contribution >= 0.6 is 0 Å². The average Bonchev–Trinajstić information content (AvgIpc) is 3.29. The molecule has 2 aromatic carbocycles. The van der Waals surface area contributed by atoms with E-state index in [2.05, 4.69) is 102 Å². The fourth-order valence-electron chi connectivity index (χ4n) is 7.85. The predicted molar refractivity (Wildman–Crippen MR) is 167 cm³/mol. The zero-order valence-electron chi connectivity index (χ0n) is 25.2. The monoisotopic (exact) mass is 515 g/mol. The van der Waals surface area contributed by atoms with Crippen LogP contribution in [-0.2, 0) is 5.41 Å². The molecule has 0 fully saturated rings. The number of fused-ring (bicyclic) bond motifs is 4. The van der Waals surface area contributed by atoms with E-state index in [0.29, 0.717) is 5.54 Å². The Labute approximate surface area is 229 Å². The highest BCUT2D eigenvalue weighted by Gasteiger charge is 2.45. The number of nitrogens with one attached hydrogen (secondary N) is 1. The minimum Gasteiger partial charge on any atom is -0.332 e. The molecule has 0 aliphatic heterocycles. The van der Waals surface area contributed by atoms with Gasteiger partial charge in [-0.25, -0.2) is 0 Å². The van der Waals surface area contributed by atoms with Crippen LogP contribution in [0, 0.1) is 0 Å². The summed E-state index contributed by atoms with van der Waals surface area (Å²) in [6, 6.07) is 14.7. The molecule has 0 spiro atoms. The maximum Gasteiger partial charge on any atom is 0.131 e. The minimum atomic E-state index is -1.76. The highest BCUT2D eigenvalue weighted by atomic mass is 28.3. The van der Waals surface area contributed by atoms with Crippen molar-refractivity contribution in [3.8, 4) is 11.1 Å². The lowest BCUT2D eigenvalue weighted by Gasteiger charge is -2.39. The summed E-state index contributed by atoms with van der Waals surface area (Å²) in [6.45, 7) is 19.1. The Morgan fingerprint density at radius 1 is 0.811 bits per heavy atom. The predicted octanol–water partition coefficient (Wildman–Crippen LogP) is 10.5. The van der Waals surface area contributed by atoms with E-state index in [1.54, 1.807) is 22.3 Å². The summed E-state index contributed by atoms with van der Waals surface area (Å²) in [7, 11) is -1.76.